The maximum absolute atomic E-state index is 10.4. The second kappa shape index (κ2) is 4.69. The van der Waals surface area contributed by atoms with E-state index in [4.69, 9.17) is 11.6 Å². The molecule has 0 aliphatic carbocycles. The standard InChI is InChI=1S/C11H9ClO/c1-9-7-10(8-13)4-5-11(9)3-2-6-12/h4-5,7-8H,6H2,1H3. The minimum absolute atomic E-state index is 0.328. The summed E-state index contributed by atoms with van der Waals surface area (Å²) >= 11 is 5.43. The lowest BCUT2D eigenvalue weighted by Crippen LogP contribution is -1.86. The van der Waals surface area contributed by atoms with Crippen molar-refractivity contribution >= 4 is 17.9 Å². The lowest BCUT2D eigenvalue weighted by molar-refractivity contribution is 0.112. The third-order valence-electron chi connectivity index (χ3n) is 1.68. The Labute approximate surface area is 82.7 Å². The molecule has 0 spiro atoms. The second-order valence-corrected chi connectivity index (χ2v) is 2.89. The van der Waals surface area contributed by atoms with Gasteiger partial charge in [-0.25, -0.2) is 0 Å². The molecule has 0 aliphatic rings. The SMILES string of the molecule is Cc1cc(C=O)ccc1C#CCCl. The van der Waals surface area contributed by atoms with E-state index in [-0.39, 0.29) is 0 Å². The quantitative estimate of drug-likeness (QED) is 0.379. The summed E-state index contributed by atoms with van der Waals surface area (Å²) in [6.45, 7) is 1.92. The van der Waals surface area contributed by atoms with Gasteiger partial charge in [0.15, 0.2) is 0 Å². The van der Waals surface area contributed by atoms with Crippen LogP contribution in [0.15, 0.2) is 18.2 Å². The molecule has 1 nitrogen and oxygen atoms in total. The Morgan fingerprint density at radius 3 is 2.85 bits per heavy atom. The Bertz CT molecular complexity index is 371. The van der Waals surface area contributed by atoms with Crippen LogP contribution in [0, 0.1) is 18.8 Å². The number of aryl methyl sites for hydroxylation is 1. The first kappa shape index (κ1) is 9.83. The van der Waals surface area contributed by atoms with E-state index in [9.17, 15) is 4.79 Å². The summed E-state index contributed by atoms with van der Waals surface area (Å²) < 4.78 is 0. The minimum Gasteiger partial charge on any atom is -0.298 e. The van der Waals surface area contributed by atoms with Gasteiger partial charge in [0.05, 0.1) is 5.88 Å². The van der Waals surface area contributed by atoms with Crippen molar-refractivity contribution in [2.75, 3.05) is 5.88 Å². The van der Waals surface area contributed by atoms with Gasteiger partial charge < -0.3 is 0 Å². The van der Waals surface area contributed by atoms with Crippen LogP contribution in [-0.4, -0.2) is 12.2 Å². The summed E-state index contributed by atoms with van der Waals surface area (Å²) in [5.74, 6) is 6.01. The van der Waals surface area contributed by atoms with Gasteiger partial charge in [0, 0.05) is 11.1 Å². The third kappa shape index (κ3) is 2.61. The first-order valence-electron chi connectivity index (χ1n) is 3.88. The lowest BCUT2D eigenvalue weighted by atomic mass is 10.1. The van der Waals surface area contributed by atoms with E-state index in [1.165, 1.54) is 0 Å². The van der Waals surface area contributed by atoms with Crippen molar-refractivity contribution in [3.63, 3.8) is 0 Å². The van der Waals surface area contributed by atoms with Crippen molar-refractivity contribution < 1.29 is 4.79 Å². The molecule has 0 heterocycles. The molecule has 1 aromatic rings. The van der Waals surface area contributed by atoms with Crippen molar-refractivity contribution in [3.8, 4) is 11.8 Å². The van der Waals surface area contributed by atoms with E-state index < -0.39 is 0 Å². The number of carbonyl (C=O) groups excluding carboxylic acids is 1. The van der Waals surface area contributed by atoms with Crippen LogP contribution in [0.4, 0.5) is 0 Å². The summed E-state index contributed by atoms with van der Waals surface area (Å²) in [6.07, 6.45) is 0.825. The van der Waals surface area contributed by atoms with E-state index in [0.29, 0.717) is 11.4 Å². The molecule has 0 bridgehead atoms. The Hall–Kier alpha value is -1.26. The second-order valence-electron chi connectivity index (χ2n) is 2.63. The highest BCUT2D eigenvalue weighted by atomic mass is 35.5. The van der Waals surface area contributed by atoms with Crippen LogP contribution in [-0.2, 0) is 0 Å². The van der Waals surface area contributed by atoms with Gasteiger partial charge in [-0.15, -0.1) is 11.6 Å². The van der Waals surface area contributed by atoms with Gasteiger partial charge >= 0.3 is 0 Å². The Balaban J connectivity index is 3.05. The zero-order chi connectivity index (χ0) is 9.68. The van der Waals surface area contributed by atoms with Crippen LogP contribution in [0.1, 0.15) is 21.5 Å². The van der Waals surface area contributed by atoms with Crippen molar-refractivity contribution in [1.82, 2.24) is 0 Å². The molecule has 1 aromatic carbocycles. The molecule has 13 heavy (non-hydrogen) atoms. The van der Waals surface area contributed by atoms with Crippen LogP contribution in [0.5, 0.6) is 0 Å². The van der Waals surface area contributed by atoms with Gasteiger partial charge in [-0.3, -0.25) is 4.79 Å². The molecule has 0 atom stereocenters. The highest BCUT2D eigenvalue weighted by Crippen LogP contribution is 2.08. The van der Waals surface area contributed by atoms with Crippen LogP contribution in [0.2, 0.25) is 0 Å². The highest BCUT2D eigenvalue weighted by Gasteiger charge is 1.95. The van der Waals surface area contributed by atoms with E-state index in [1.807, 2.05) is 19.1 Å². The van der Waals surface area contributed by atoms with Crippen LogP contribution in [0.25, 0.3) is 0 Å². The Morgan fingerprint density at radius 1 is 1.54 bits per heavy atom. The average Bonchev–Trinajstić information content (AvgIpc) is 2.16. The number of benzene rings is 1. The molecule has 1 rings (SSSR count). The fraction of sp³-hybridized carbons (Fsp3) is 0.182. The van der Waals surface area contributed by atoms with Gasteiger partial charge in [-0.05, 0) is 24.6 Å². The molecule has 0 fully saturated rings. The number of aldehydes is 1. The van der Waals surface area contributed by atoms with Gasteiger partial charge in [0.2, 0.25) is 0 Å². The largest absolute Gasteiger partial charge is 0.298 e. The van der Waals surface area contributed by atoms with Gasteiger partial charge in [0.1, 0.15) is 6.29 Å². The topological polar surface area (TPSA) is 17.1 Å². The fourth-order valence-corrected chi connectivity index (χ4v) is 1.10. The number of alkyl halides is 1. The summed E-state index contributed by atoms with van der Waals surface area (Å²) in [7, 11) is 0. The minimum atomic E-state index is 0.328. The van der Waals surface area contributed by atoms with E-state index in [1.54, 1.807) is 6.07 Å². The van der Waals surface area contributed by atoms with Crippen LogP contribution in [0.3, 0.4) is 0 Å². The molecule has 0 amide bonds. The molecule has 0 N–H and O–H groups in total. The van der Waals surface area contributed by atoms with E-state index in [0.717, 1.165) is 17.4 Å². The highest BCUT2D eigenvalue weighted by molar-refractivity contribution is 6.19. The molecule has 0 aromatic heterocycles. The molecular formula is C11H9ClO. The van der Waals surface area contributed by atoms with Crippen molar-refractivity contribution in [2.45, 2.75) is 6.92 Å². The van der Waals surface area contributed by atoms with Gasteiger partial charge in [-0.2, -0.15) is 0 Å². The number of hydrogen-bond donors (Lipinski definition) is 0. The predicted molar refractivity (Wildman–Crippen MR) is 54.2 cm³/mol. The average molecular weight is 193 g/mol. The zero-order valence-electron chi connectivity index (χ0n) is 7.30. The monoisotopic (exact) mass is 192 g/mol. The molecular weight excluding hydrogens is 184 g/mol. The number of hydrogen-bond acceptors (Lipinski definition) is 1. The molecule has 0 unspecified atom stereocenters. The summed E-state index contributed by atoms with van der Waals surface area (Å²) in [6, 6.07) is 5.39. The van der Waals surface area contributed by atoms with Crippen molar-refractivity contribution in [2.24, 2.45) is 0 Å². The summed E-state index contributed by atoms with van der Waals surface area (Å²) in [5.41, 5.74) is 2.60. The molecule has 2 heteroatoms. The Kier molecular flexibility index (Phi) is 3.54. The lowest BCUT2D eigenvalue weighted by Gasteiger charge is -1.97. The maximum atomic E-state index is 10.4. The molecule has 0 aliphatic heterocycles. The molecule has 0 radical (unpaired) electrons. The summed E-state index contributed by atoms with van der Waals surface area (Å²) in [5, 5.41) is 0. The number of halogens is 1. The first-order chi connectivity index (χ1) is 6.27. The van der Waals surface area contributed by atoms with Gasteiger partial charge in [-0.1, -0.05) is 17.9 Å². The summed E-state index contributed by atoms with van der Waals surface area (Å²) in [4.78, 5) is 10.4. The molecule has 0 saturated heterocycles. The Morgan fingerprint density at radius 2 is 2.31 bits per heavy atom. The zero-order valence-corrected chi connectivity index (χ0v) is 8.06. The first-order valence-corrected chi connectivity index (χ1v) is 4.42. The van der Waals surface area contributed by atoms with Crippen LogP contribution >= 0.6 is 11.6 Å². The van der Waals surface area contributed by atoms with E-state index in [2.05, 4.69) is 11.8 Å². The number of rotatable bonds is 1. The maximum Gasteiger partial charge on any atom is 0.150 e. The van der Waals surface area contributed by atoms with Crippen molar-refractivity contribution in [3.05, 3.63) is 34.9 Å². The number of carbonyl (C=O) groups is 1. The fourth-order valence-electron chi connectivity index (χ4n) is 1.03. The normalized spacial score (nSPS) is 8.77. The van der Waals surface area contributed by atoms with E-state index >= 15 is 0 Å². The third-order valence-corrected chi connectivity index (χ3v) is 1.81. The smallest absolute Gasteiger partial charge is 0.150 e. The van der Waals surface area contributed by atoms with Gasteiger partial charge in [0.25, 0.3) is 0 Å². The van der Waals surface area contributed by atoms with Crippen molar-refractivity contribution in [1.29, 1.82) is 0 Å². The van der Waals surface area contributed by atoms with Crippen LogP contribution < -0.4 is 0 Å². The predicted octanol–water partition coefficient (Wildman–Crippen LogP) is 2.40. The molecule has 66 valence electrons. The molecule has 0 saturated carbocycles.